The average molecular weight is 486 g/mol. The Morgan fingerprint density at radius 1 is 1.06 bits per heavy atom. The van der Waals surface area contributed by atoms with Gasteiger partial charge >= 0.3 is 0 Å². The van der Waals surface area contributed by atoms with Crippen LogP contribution in [0.4, 0.5) is 0 Å². The summed E-state index contributed by atoms with van der Waals surface area (Å²) in [5, 5.41) is 11.5. The number of hydrogen-bond acceptors (Lipinski definition) is 8. The molecule has 0 radical (unpaired) electrons. The van der Waals surface area contributed by atoms with E-state index in [1.54, 1.807) is 14.2 Å². The number of benzene rings is 2. The molecule has 182 valence electrons. The Morgan fingerprint density at radius 3 is 2.41 bits per heavy atom. The number of nitrogen functional groups attached to an aromatic ring is 1. The van der Waals surface area contributed by atoms with Gasteiger partial charge in [0.25, 0.3) is 0 Å². The van der Waals surface area contributed by atoms with E-state index in [1.807, 2.05) is 49.4 Å². The molecule has 1 unspecified atom stereocenters. The lowest BCUT2D eigenvalue weighted by molar-refractivity contribution is -0.119. The second-order valence-corrected chi connectivity index (χ2v) is 8.91. The van der Waals surface area contributed by atoms with Crippen molar-refractivity contribution in [3.05, 3.63) is 59.4 Å². The summed E-state index contributed by atoms with van der Waals surface area (Å²) in [5.74, 6) is 9.07. The number of nitrogens with one attached hydrogen (secondary N) is 1. The smallest absolute Gasteiger partial charge is 0.230 e. The fourth-order valence-electron chi connectivity index (χ4n) is 3.27. The van der Waals surface area contributed by atoms with Crippen molar-refractivity contribution in [2.75, 3.05) is 25.8 Å². The molecule has 0 bridgehead atoms. The van der Waals surface area contributed by atoms with Crippen molar-refractivity contribution in [1.82, 2.24) is 20.2 Å². The minimum atomic E-state index is -0.278. The van der Waals surface area contributed by atoms with E-state index in [9.17, 15) is 4.79 Å². The summed E-state index contributed by atoms with van der Waals surface area (Å²) in [6.45, 7) is 6.34. The number of ether oxygens (including phenoxy) is 3. The average Bonchev–Trinajstić information content (AvgIpc) is 3.20. The predicted octanol–water partition coefficient (Wildman–Crippen LogP) is 3.68. The number of carbonyl (C=O) groups excluding carboxylic acids is 1. The van der Waals surface area contributed by atoms with Gasteiger partial charge in [-0.3, -0.25) is 4.79 Å². The predicted molar refractivity (Wildman–Crippen MR) is 132 cm³/mol. The number of rotatable bonds is 11. The molecule has 0 aliphatic rings. The Balaban J connectivity index is 1.53. The van der Waals surface area contributed by atoms with Crippen LogP contribution in [0.3, 0.4) is 0 Å². The summed E-state index contributed by atoms with van der Waals surface area (Å²) >= 11 is 1.20. The molecule has 0 spiro atoms. The van der Waals surface area contributed by atoms with Crippen LogP contribution < -0.4 is 25.4 Å². The lowest BCUT2D eigenvalue weighted by Crippen LogP contribution is -2.28. The Morgan fingerprint density at radius 2 is 1.76 bits per heavy atom. The molecule has 3 rings (SSSR count). The molecule has 34 heavy (non-hydrogen) atoms. The second kappa shape index (κ2) is 11.6. The highest BCUT2D eigenvalue weighted by Crippen LogP contribution is 2.29. The van der Waals surface area contributed by atoms with Gasteiger partial charge in [0.05, 0.1) is 26.0 Å². The quantitative estimate of drug-likeness (QED) is 0.312. The minimum absolute atomic E-state index is 0.128. The molecule has 0 aliphatic carbocycles. The van der Waals surface area contributed by atoms with Crippen molar-refractivity contribution in [2.24, 2.45) is 0 Å². The van der Waals surface area contributed by atoms with Gasteiger partial charge in [0.15, 0.2) is 5.82 Å². The first-order chi connectivity index (χ1) is 16.3. The van der Waals surface area contributed by atoms with Gasteiger partial charge in [0, 0.05) is 5.56 Å². The highest BCUT2D eigenvalue weighted by Gasteiger charge is 2.17. The summed E-state index contributed by atoms with van der Waals surface area (Å²) in [4.78, 5) is 12.5. The molecule has 0 aliphatic heterocycles. The van der Waals surface area contributed by atoms with Crippen LogP contribution in [0.25, 0.3) is 0 Å². The number of amides is 1. The molecule has 1 aromatic heterocycles. The molecule has 1 atom stereocenters. The van der Waals surface area contributed by atoms with Gasteiger partial charge in [-0.15, -0.1) is 10.2 Å². The van der Waals surface area contributed by atoms with E-state index < -0.39 is 0 Å². The van der Waals surface area contributed by atoms with Crippen LogP contribution in [0.1, 0.15) is 49.7 Å². The third-order valence-electron chi connectivity index (χ3n) is 5.26. The van der Waals surface area contributed by atoms with E-state index >= 15 is 0 Å². The van der Waals surface area contributed by atoms with E-state index in [4.69, 9.17) is 20.1 Å². The molecule has 0 saturated carbocycles. The number of thioether (sulfide) groups is 1. The van der Waals surface area contributed by atoms with Crippen molar-refractivity contribution < 1.29 is 19.0 Å². The van der Waals surface area contributed by atoms with Crippen molar-refractivity contribution in [2.45, 2.75) is 44.5 Å². The summed E-state index contributed by atoms with van der Waals surface area (Å²) in [7, 11) is 3.18. The molecule has 2 aromatic carbocycles. The molecule has 9 nitrogen and oxygen atoms in total. The zero-order valence-electron chi connectivity index (χ0n) is 20.1. The molecule has 3 N–H and O–H groups in total. The first-order valence-electron chi connectivity index (χ1n) is 10.9. The normalized spacial score (nSPS) is 11.8. The van der Waals surface area contributed by atoms with Gasteiger partial charge in [-0.25, -0.2) is 4.68 Å². The maximum atomic E-state index is 12.5. The third-order valence-corrected chi connectivity index (χ3v) is 6.21. The van der Waals surface area contributed by atoms with Gasteiger partial charge in [-0.1, -0.05) is 37.7 Å². The third kappa shape index (κ3) is 6.34. The van der Waals surface area contributed by atoms with Crippen LogP contribution in [0.15, 0.2) is 47.6 Å². The summed E-state index contributed by atoms with van der Waals surface area (Å²) in [5.41, 5.74) is 2.06. The Labute approximate surface area is 204 Å². The van der Waals surface area contributed by atoms with Gasteiger partial charge in [0.2, 0.25) is 11.1 Å². The monoisotopic (exact) mass is 485 g/mol. The zero-order valence-corrected chi connectivity index (χ0v) is 20.9. The van der Waals surface area contributed by atoms with E-state index in [2.05, 4.69) is 29.4 Å². The fourth-order valence-corrected chi connectivity index (χ4v) is 3.96. The first-order valence-corrected chi connectivity index (χ1v) is 11.9. The summed E-state index contributed by atoms with van der Waals surface area (Å²) in [6, 6.07) is 13.1. The van der Waals surface area contributed by atoms with E-state index in [1.165, 1.54) is 22.0 Å². The Hall–Kier alpha value is -3.40. The largest absolute Gasteiger partial charge is 0.497 e. The minimum Gasteiger partial charge on any atom is -0.497 e. The standard InChI is InChI=1S/C24H31N5O4S/c1-15(2)17-6-8-18(9-7-17)33-13-22-27-28-24(29(22)25)34-14-23(30)26-16(3)20-12-19(31-4)10-11-21(20)32-5/h6-12,15-16H,13-14,25H2,1-5H3,(H,26,30). The molecule has 1 amide bonds. The molecule has 10 heteroatoms. The Kier molecular flexibility index (Phi) is 8.64. The van der Waals surface area contributed by atoms with Gasteiger partial charge in [-0.05, 0) is 48.7 Å². The van der Waals surface area contributed by atoms with E-state index in [0.29, 0.717) is 28.4 Å². The van der Waals surface area contributed by atoms with E-state index in [-0.39, 0.29) is 24.3 Å². The SMILES string of the molecule is COc1ccc(OC)c(C(C)NC(=O)CSc2nnc(COc3ccc(C(C)C)cc3)n2N)c1. The number of methoxy groups -OCH3 is 2. The fraction of sp³-hybridized carbons (Fsp3) is 0.375. The molecular weight excluding hydrogens is 454 g/mol. The van der Waals surface area contributed by atoms with Crippen LogP contribution in [-0.4, -0.2) is 40.8 Å². The lowest BCUT2D eigenvalue weighted by Gasteiger charge is -2.18. The lowest BCUT2D eigenvalue weighted by atomic mass is 10.0. The topological polar surface area (TPSA) is 114 Å². The number of hydrogen-bond donors (Lipinski definition) is 2. The first kappa shape index (κ1) is 25.2. The second-order valence-electron chi connectivity index (χ2n) is 7.97. The summed E-state index contributed by atoms with van der Waals surface area (Å²) in [6.07, 6.45) is 0. The maximum Gasteiger partial charge on any atom is 0.230 e. The van der Waals surface area contributed by atoms with Crippen molar-refractivity contribution in [3.63, 3.8) is 0 Å². The highest BCUT2D eigenvalue weighted by molar-refractivity contribution is 7.99. The van der Waals surface area contributed by atoms with Crippen LogP contribution in [0.5, 0.6) is 17.2 Å². The Bertz CT molecular complexity index is 1100. The van der Waals surface area contributed by atoms with Gasteiger partial charge < -0.3 is 25.4 Å². The highest BCUT2D eigenvalue weighted by atomic mass is 32.2. The van der Waals surface area contributed by atoms with Crippen LogP contribution in [-0.2, 0) is 11.4 Å². The van der Waals surface area contributed by atoms with Gasteiger partial charge in [-0.2, -0.15) is 0 Å². The van der Waals surface area contributed by atoms with Crippen LogP contribution in [0, 0.1) is 0 Å². The van der Waals surface area contributed by atoms with Crippen molar-refractivity contribution in [3.8, 4) is 17.2 Å². The zero-order chi connectivity index (χ0) is 24.7. The van der Waals surface area contributed by atoms with Crippen LogP contribution >= 0.6 is 11.8 Å². The number of nitrogens with zero attached hydrogens (tertiary/aromatic N) is 3. The molecule has 3 aromatic rings. The number of nitrogens with two attached hydrogens (primary N) is 1. The number of aromatic nitrogens is 3. The van der Waals surface area contributed by atoms with E-state index in [0.717, 1.165) is 11.3 Å². The maximum absolute atomic E-state index is 12.5. The molecule has 0 fully saturated rings. The molecule has 1 heterocycles. The van der Waals surface area contributed by atoms with Crippen LogP contribution in [0.2, 0.25) is 0 Å². The molecular formula is C24H31N5O4S. The number of carbonyl (C=O) groups is 1. The van der Waals surface area contributed by atoms with Gasteiger partial charge in [0.1, 0.15) is 23.9 Å². The van der Waals surface area contributed by atoms with Crippen molar-refractivity contribution >= 4 is 17.7 Å². The summed E-state index contributed by atoms with van der Waals surface area (Å²) < 4.78 is 17.8. The van der Waals surface area contributed by atoms with Crippen molar-refractivity contribution in [1.29, 1.82) is 0 Å². The molecule has 0 saturated heterocycles.